The molecule has 13 aromatic rings. The molecule has 1 heterocycles. The van der Waals surface area contributed by atoms with Gasteiger partial charge >= 0.3 is 0 Å². The predicted octanol–water partition coefficient (Wildman–Crippen LogP) is 17.2. The molecule has 0 spiro atoms. The van der Waals surface area contributed by atoms with Gasteiger partial charge in [-0.15, -0.1) is 0 Å². The summed E-state index contributed by atoms with van der Waals surface area (Å²) in [5.41, 5.74) is 14.1. The molecule has 0 saturated heterocycles. The molecule has 61 heavy (non-hydrogen) atoms. The molecule has 1 nitrogen and oxygen atoms in total. The summed E-state index contributed by atoms with van der Waals surface area (Å²) in [5, 5.41) is 17.6. The van der Waals surface area contributed by atoms with E-state index in [1.54, 1.807) is 0 Å². The van der Waals surface area contributed by atoms with Crippen LogP contribution in [-0.2, 0) is 0 Å². The first-order valence-corrected chi connectivity index (χ1v) is 21.2. The van der Waals surface area contributed by atoms with Gasteiger partial charge in [-0.3, -0.25) is 0 Å². The van der Waals surface area contributed by atoms with Crippen molar-refractivity contribution in [2.45, 2.75) is 0 Å². The van der Waals surface area contributed by atoms with Crippen molar-refractivity contribution in [3.8, 4) is 55.6 Å². The molecular formula is C60H34O. The first-order chi connectivity index (χ1) is 30.2. The van der Waals surface area contributed by atoms with Crippen LogP contribution in [0.15, 0.2) is 211 Å². The highest BCUT2D eigenvalue weighted by Gasteiger charge is 2.26. The zero-order valence-corrected chi connectivity index (χ0v) is 33.0. The Bertz CT molecular complexity index is 4000. The zero-order valence-electron chi connectivity index (χ0n) is 33.0. The molecule has 0 unspecified atom stereocenters. The molecule has 0 amide bonds. The molecular weight excluding hydrogens is 737 g/mol. The van der Waals surface area contributed by atoms with Crippen LogP contribution >= 0.6 is 0 Å². The average molecular weight is 771 g/mol. The summed E-state index contributed by atoms with van der Waals surface area (Å²) < 4.78 is 6.28. The Morgan fingerprint density at radius 1 is 0.180 bits per heavy atom. The number of furan rings is 1. The third-order valence-corrected chi connectivity index (χ3v) is 13.6. The molecule has 1 aromatic heterocycles. The second-order valence-electron chi connectivity index (χ2n) is 16.7. The maximum Gasteiger partial charge on any atom is 0.135 e. The van der Waals surface area contributed by atoms with Crippen LogP contribution in [0, 0.1) is 0 Å². The van der Waals surface area contributed by atoms with E-state index < -0.39 is 0 Å². The number of hydrogen-bond donors (Lipinski definition) is 0. The van der Waals surface area contributed by atoms with Crippen molar-refractivity contribution in [2.24, 2.45) is 0 Å². The monoisotopic (exact) mass is 770 g/mol. The van der Waals surface area contributed by atoms with Crippen molar-refractivity contribution in [3.63, 3.8) is 0 Å². The Labute approximate surface area is 351 Å². The summed E-state index contributed by atoms with van der Waals surface area (Å²) in [6.07, 6.45) is 0. The number of benzene rings is 12. The highest BCUT2D eigenvalue weighted by atomic mass is 16.3. The van der Waals surface area contributed by atoms with E-state index in [9.17, 15) is 0 Å². The van der Waals surface area contributed by atoms with Crippen molar-refractivity contribution in [1.82, 2.24) is 0 Å². The molecule has 280 valence electrons. The second kappa shape index (κ2) is 12.3. The predicted molar refractivity (Wildman–Crippen MR) is 259 cm³/mol. The largest absolute Gasteiger partial charge is 0.456 e. The van der Waals surface area contributed by atoms with Gasteiger partial charge in [-0.05, 0) is 169 Å². The minimum absolute atomic E-state index is 0.907. The molecule has 0 fully saturated rings. The molecule has 1 aliphatic rings. The number of rotatable bonds is 1. The summed E-state index contributed by atoms with van der Waals surface area (Å²) in [4.78, 5) is 0. The molecule has 0 bridgehead atoms. The van der Waals surface area contributed by atoms with Crippen LogP contribution in [0.5, 0.6) is 0 Å². The van der Waals surface area contributed by atoms with Gasteiger partial charge in [0.25, 0.3) is 0 Å². The van der Waals surface area contributed by atoms with Crippen molar-refractivity contribution < 1.29 is 4.42 Å². The van der Waals surface area contributed by atoms with Gasteiger partial charge in [0.15, 0.2) is 0 Å². The van der Waals surface area contributed by atoms with Crippen LogP contribution in [0.1, 0.15) is 0 Å². The van der Waals surface area contributed by atoms with E-state index in [1.165, 1.54) is 120 Å². The highest BCUT2D eigenvalue weighted by molar-refractivity contribution is 6.29. The first-order valence-electron chi connectivity index (χ1n) is 21.2. The fraction of sp³-hybridized carbons (Fsp3) is 0. The van der Waals surface area contributed by atoms with Crippen LogP contribution < -0.4 is 0 Å². The fourth-order valence-electron chi connectivity index (χ4n) is 10.8. The Kier molecular flexibility index (Phi) is 6.62. The third kappa shape index (κ3) is 4.61. The summed E-state index contributed by atoms with van der Waals surface area (Å²) in [7, 11) is 0. The highest BCUT2D eigenvalue weighted by Crippen LogP contribution is 2.53. The zero-order chi connectivity index (χ0) is 39.8. The third-order valence-electron chi connectivity index (χ3n) is 13.6. The topological polar surface area (TPSA) is 13.1 Å². The number of hydrogen-bond acceptors (Lipinski definition) is 1. The molecule has 0 N–H and O–H groups in total. The lowest BCUT2D eigenvalue weighted by Gasteiger charge is -2.26. The van der Waals surface area contributed by atoms with Crippen LogP contribution in [0.4, 0.5) is 0 Å². The quantitative estimate of drug-likeness (QED) is 0.152. The van der Waals surface area contributed by atoms with Gasteiger partial charge in [0, 0.05) is 10.8 Å². The van der Waals surface area contributed by atoms with E-state index in [-0.39, 0.29) is 0 Å². The van der Waals surface area contributed by atoms with Crippen molar-refractivity contribution in [3.05, 3.63) is 206 Å². The summed E-state index contributed by atoms with van der Waals surface area (Å²) in [6, 6.07) is 76.9. The molecule has 0 radical (unpaired) electrons. The fourth-order valence-corrected chi connectivity index (χ4v) is 10.8. The minimum atomic E-state index is 0.907. The lowest BCUT2D eigenvalue weighted by molar-refractivity contribution is 0.669. The van der Waals surface area contributed by atoms with E-state index in [0.29, 0.717) is 0 Å². The average Bonchev–Trinajstić information content (AvgIpc) is 3.71. The Morgan fingerprint density at radius 2 is 0.492 bits per heavy atom. The van der Waals surface area contributed by atoms with E-state index >= 15 is 0 Å². The van der Waals surface area contributed by atoms with Gasteiger partial charge < -0.3 is 4.42 Å². The summed E-state index contributed by atoms with van der Waals surface area (Å²) in [5.74, 6) is 0. The standard InChI is InChI=1S/C60H34O/c1-5-17-41-37(13-1)38-14-3-7-19-43(38)52-33-56-47-27-25-35(36-26-28-60-58(30-36)48-23-11-12-24-59(48)61-60)29-49(47)57-34-54-44-20-8-4-16-40(44)39-15-2-6-18-42(39)51(54)32-55(57)46-22-10-9-21-45(46)53(56)31-50(41)52/h1-34H. The minimum Gasteiger partial charge on any atom is -0.456 e. The number of para-hydroxylation sites is 1. The lowest BCUT2D eigenvalue weighted by atomic mass is 9.77. The smallest absolute Gasteiger partial charge is 0.135 e. The second-order valence-corrected chi connectivity index (χ2v) is 16.7. The lowest BCUT2D eigenvalue weighted by Crippen LogP contribution is -1.99. The number of fused-ring (bicyclic) bond motifs is 23. The maximum absolute atomic E-state index is 6.28. The van der Waals surface area contributed by atoms with E-state index in [2.05, 4.69) is 200 Å². The molecule has 14 rings (SSSR count). The summed E-state index contributed by atoms with van der Waals surface area (Å²) >= 11 is 0. The van der Waals surface area contributed by atoms with Gasteiger partial charge in [-0.25, -0.2) is 0 Å². The van der Waals surface area contributed by atoms with Gasteiger partial charge in [0.05, 0.1) is 0 Å². The van der Waals surface area contributed by atoms with Crippen LogP contribution in [-0.4, -0.2) is 0 Å². The maximum atomic E-state index is 6.28. The van der Waals surface area contributed by atoms with E-state index in [0.717, 1.165) is 21.9 Å². The molecule has 0 saturated carbocycles. The van der Waals surface area contributed by atoms with Crippen LogP contribution in [0.2, 0.25) is 0 Å². The van der Waals surface area contributed by atoms with Crippen molar-refractivity contribution >= 4 is 86.6 Å². The van der Waals surface area contributed by atoms with Gasteiger partial charge in [0.2, 0.25) is 0 Å². The molecule has 12 aromatic carbocycles. The van der Waals surface area contributed by atoms with Gasteiger partial charge in [-0.2, -0.15) is 0 Å². The Hall–Kier alpha value is -8.00. The van der Waals surface area contributed by atoms with E-state index in [4.69, 9.17) is 4.42 Å². The molecule has 0 atom stereocenters. The van der Waals surface area contributed by atoms with E-state index in [1.807, 2.05) is 6.07 Å². The Balaban J connectivity index is 1.15. The molecule has 1 heteroatoms. The first kappa shape index (κ1) is 32.9. The van der Waals surface area contributed by atoms with Crippen LogP contribution in [0.3, 0.4) is 0 Å². The van der Waals surface area contributed by atoms with Crippen molar-refractivity contribution in [2.75, 3.05) is 0 Å². The van der Waals surface area contributed by atoms with Crippen LogP contribution in [0.25, 0.3) is 142 Å². The Morgan fingerprint density at radius 3 is 0.967 bits per heavy atom. The molecule has 0 aliphatic heterocycles. The van der Waals surface area contributed by atoms with Gasteiger partial charge in [0.1, 0.15) is 11.2 Å². The molecule has 1 aliphatic carbocycles. The van der Waals surface area contributed by atoms with Gasteiger partial charge in [-0.1, -0.05) is 158 Å². The normalized spacial score (nSPS) is 12.3. The SMILES string of the molecule is c1ccc2c(c1)-c1cc3c4ccccc4c4ccccc4c3cc1-c1ccc(-c3ccc4oc5ccccc5c4c3)cc1-c1cc3c4ccccc4c4ccccc4c3cc1-2. The van der Waals surface area contributed by atoms with Crippen molar-refractivity contribution in [1.29, 1.82) is 0 Å². The summed E-state index contributed by atoms with van der Waals surface area (Å²) in [6.45, 7) is 0.